The van der Waals surface area contributed by atoms with E-state index in [1.54, 1.807) is 0 Å². The fraction of sp³-hybridized carbons (Fsp3) is 0.449. The number of carboxylic acid groups (broad SMARTS) is 1. The fourth-order valence-corrected chi connectivity index (χ4v) is 13.0. The maximum atomic E-state index is 16.2. The van der Waals surface area contributed by atoms with Gasteiger partial charge in [0.05, 0.1) is 34.5 Å². The van der Waals surface area contributed by atoms with Gasteiger partial charge in [-0.05, 0) is 115 Å². The summed E-state index contributed by atoms with van der Waals surface area (Å²) in [7, 11) is 1.54. The molecule has 0 radical (unpaired) electrons. The Morgan fingerprint density at radius 3 is 1.95 bits per heavy atom. The maximum absolute atomic E-state index is 16.2. The third-order valence-corrected chi connectivity index (χ3v) is 18.7. The van der Waals surface area contributed by atoms with Crippen LogP contribution in [0.3, 0.4) is 0 Å². The molecule has 0 spiro atoms. The number of ketones is 2. The van der Waals surface area contributed by atoms with Gasteiger partial charge in [0.2, 0.25) is 35.7 Å². The molecule has 6 aliphatic heterocycles. The van der Waals surface area contributed by atoms with Gasteiger partial charge >= 0.3 is 5.97 Å². The van der Waals surface area contributed by atoms with Gasteiger partial charge in [-0.25, -0.2) is 4.79 Å². The number of carboxylic acids is 1. The second-order valence-corrected chi connectivity index (χ2v) is 26.7. The van der Waals surface area contributed by atoms with Gasteiger partial charge in [0, 0.05) is 48.7 Å². The zero-order chi connectivity index (χ0) is 72.5. The van der Waals surface area contributed by atoms with E-state index in [2.05, 4.69) is 44.1 Å². The number of aromatic hydroxyl groups is 3. The number of hydrogen-bond acceptors (Lipinski definition) is 22. The number of benzene rings is 5. The van der Waals surface area contributed by atoms with Gasteiger partial charge in [-0.3, -0.25) is 28.8 Å². The summed E-state index contributed by atoms with van der Waals surface area (Å²) >= 11 is 19.8. The highest BCUT2D eigenvalue weighted by atomic mass is 35.5. The number of ether oxygens (including phenoxy) is 4. The minimum Gasteiger partial charge on any atom is -0.508 e. The monoisotopic (exact) mass is 1450 g/mol. The van der Waals surface area contributed by atoms with Crippen LogP contribution < -0.4 is 51.4 Å². The zero-order valence-corrected chi connectivity index (χ0v) is 57.1. The van der Waals surface area contributed by atoms with E-state index in [1.807, 2.05) is 13.8 Å². The van der Waals surface area contributed by atoms with Crippen molar-refractivity contribution in [1.29, 1.82) is 0 Å². The Kier molecular flexibility index (Phi) is 25.3. The van der Waals surface area contributed by atoms with E-state index < -0.39 is 198 Å². The topological polar surface area (TPSA) is 443 Å². The van der Waals surface area contributed by atoms with Crippen LogP contribution in [0, 0.1) is 11.8 Å². The molecule has 6 aliphatic rings. The number of halogens is 2. The minimum atomic E-state index is -2.20. The summed E-state index contributed by atoms with van der Waals surface area (Å²) in [6.45, 7) is 4.88. The van der Waals surface area contributed by atoms with Crippen LogP contribution in [0.5, 0.6) is 46.0 Å². The first-order valence-electron chi connectivity index (χ1n) is 32.6. The van der Waals surface area contributed by atoms with Gasteiger partial charge in [-0.1, -0.05) is 94.3 Å². The highest BCUT2D eigenvalue weighted by Gasteiger charge is 2.47. The molecule has 5 aromatic carbocycles. The lowest BCUT2D eigenvalue weighted by atomic mass is 9.84. The summed E-state index contributed by atoms with van der Waals surface area (Å²) < 4.78 is 25.3. The number of aliphatic carboxylic acids is 1. The van der Waals surface area contributed by atoms with Crippen molar-refractivity contribution >= 4 is 81.7 Å². The van der Waals surface area contributed by atoms with Gasteiger partial charge in [-0.15, -0.1) is 0 Å². The molecule has 538 valence electrons. The Bertz CT molecular complexity index is 3900. The lowest BCUT2D eigenvalue weighted by Gasteiger charge is -2.39. The number of phenolic OH excluding ortho intramolecular Hbond substituents is 3. The molecule has 31 heteroatoms. The highest BCUT2D eigenvalue weighted by molar-refractivity contribution is 7.80. The van der Waals surface area contributed by atoms with Crippen molar-refractivity contribution in [3.8, 4) is 57.1 Å². The Hall–Kier alpha value is -8.46. The van der Waals surface area contributed by atoms with Crippen molar-refractivity contribution in [3.05, 3.63) is 117 Å². The third kappa shape index (κ3) is 17.5. The normalized spacial score (nSPS) is 25.1. The van der Waals surface area contributed by atoms with Crippen LogP contribution in [-0.4, -0.2) is 173 Å². The van der Waals surface area contributed by atoms with Crippen molar-refractivity contribution in [2.75, 3.05) is 26.7 Å². The predicted molar refractivity (Wildman–Crippen MR) is 364 cm³/mol. The number of hydrogen-bond donors (Lipinski definition) is 17. The van der Waals surface area contributed by atoms with Gasteiger partial charge in [-0.2, -0.15) is 0 Å². The first-order chi connectivity index (χ1) is 47.6. The SMILES string of the molecule is CCCCCCCCNC(=S)NC[C@@H]1CC(=O)[C@H](NC(=O)[C@@H](CC(C)C)NC)[C@H](O)c2ccc(c(Cl)c2)Oc2cc3cc(c2OC2OC(CO)C(O)C(O)C2O)Oc2ccc(cc2Cl)[C@@H](O)[C@H]2NC(=O)[C@H](CC(=O)[C@@H]3NC1=O)c1ccc(O)c(c1)-c1c(O)cc(O)cc1[C@@H](C(=O)O)NC2=O. The molecular weight excluding hydrogens is 1370 g/mol. The average molecular weight is 1450 g/mol. The van der Waals surface area contributed by atoms with Crippen LogP contribution in [0.1, 0.15) is 137 Å². The highest BCUT2D eigenvalue weighted by Crippen LogP contribution is 2.50. The molecule has 100 heavy (non-hydrogen) atoms. The predicted octanol–water partition coefficient (Wildman–Crippen LogP) is 4.79. The summed E-state index contributed by atoms with van der Waals surface area (Å²) in [5.41, 5.74) is -2.11. The first kappa shape index (κ1) is 75.7. The minimum absolute atomic E-state index is 0.0396. The molecule has 4 amide bonds. The van der Waals surface area contributed by atoms with Crippen molar-refractivity contribution in [2.24, 2.45) is 11.8 Å². The number of likely N-dealkylation sites (N-methyl/N-ethyl adjacent to an activating group) is 1. The number of aliphatic hydroxyl groups is 6. The molecule has 1 saturated heterocycles. The molecule has 11 bridgehead atoms. The van der Waals surface area contributed by atoms with Gasteiger partial charge in [0.15, 0.2) is 34.2 Å². The summed E-state index contributed by atoms with van der Waals surface area (Å²) in [5, 5.41) is 132. The molecule has 6 heterocycles. The number of phenols is 3. The van der Waals surface area contributed by atoms with Crippen LogP contribution in [-0.2, 0) is 38.3 Å². The van der Waals surface area contributed by atoms with E-state index in [0.29, 0.717) is 6.54 Å². The average Bonchev–Trinajstić information content (AvgIpc) is 0.770. The Balaban J connectivity index is 1.29. The van der Waals surface area contributed by atoms with Crippen LogP contribution in [0.15, 0.2) is 78.9 Å². The van der Waals surface area contributed by atoms with Crippen molar-refractivity contribution in [3.63, 3.8) is 0 Å². The van der Waals surface area contributed by atoms with E-state index in [9.17, 15) is 65.4 Å². The van der Waals surface area contributed by atoms with Crippen molar-refractivity contribution in [2.45, 2.75) is 158 Å². The van der Waals surface area contributed by atoms with Gasteiger partial charge < -0.3 is 107 Å². The molecule has 0 aliphatic carbocycles. The summed E-state index contributed by atoms with van der Waals surface area (Å²) in [6.07, 6.45) is -9.52. The van der Waals surface area contributed by atoms with E-state index in [0.717, 1.165) is 81.0 Å². The third-order valence-electron chi connectivity index (χ3n) is 17.9. The largest absolute Gasteiger partial charge is 0.508 e. The lowest BCUT2D eigenvalue weighted by molar-refractivity contribution is -0.277. The van der Waals surface area contributed by atoms with E-state index in [-0.39, 0.29) is 66.8 Å². The standard InChI is InChI=1S/C69H81Cl2N7O21S/c1-5-6-7-8-9-10-17-73-69(100)74-28-35-22-45(83)55(77-65(92)42(72-4)18-30(2)3)57(85)32-12-15-47(40(70)20-32)96-49-23-34-24-50(62(49)99-68-61(89)60(88)59(87)51(29-79)98-68)97-48-16-13-33(21-41(48)71)58(86)56-66(93)76-54(67(94)95)39-25-36(80)26-44(82)52(39)38-19-31(11-14-43(38)81)37(64(91)78-56)27-46(84)53(34)75-63(35)90/h11-16,19-21,23-26,30,35,37,42,51,53-61,68,72,79-82,85-89H,5-10,17-18,22,27-29H2,1-4H3,(H,75,90)(H,76,93)(H,77,92)(H,78,91)(H,94,95)(H2,73,74,100)/t35-,37+,42+,51?,53+,54-,55-,56+,57+,58+,59?,60?,61?,68?/m0/s1. The van der Waals surface area contributed by atoms with Gasteiger partial charge in [0.1, 0.15) is 83.5 Å². The molecule has 0 aromatic heterocycles. The first-order valence-corrected chi connectivity index (χ1v) is 33.8. The van der Waals surface area contributed by atoms with Crippen molar-refractivity contribution < 1.29 is 104 Å². The fourth-order valence-electron chi connectivity index (χ4n) is 12.4. The number of aliphatic hydroxyl groups excluding tert-OH is 6. The summed E-state index contributed by atoms with van der Waals surface area (Å²) in [5.74, 6) is -16.1. The number of carbonyl (C=O) groups excluding carboxylic acids is 6. The second-order valence-electron chi connectivity index (χ2n) is 25.5. The van der Waals surface area contributed by atoms with E-state index >= 15 is 19.2 Å². The number of carbonyl (C=O) groups is 7. The van der Waals surface area contributed by atoms with E-state index in [1.165, 1.54) is 43.4 Å². The molecule has 14 atom stereocenters. The number of nitrogens with one attached hydrogen (secondary N) is 7. The molecule has 28 nitrogen and oxygen atoms in total. The summed E-state index contributed by atoms with van der Waals surface area (Å²) in [4.78, 5) is 105. The molecule has 0 saturated carbocycles. The molecule has 5 unspecified atom stereocenters. The smallest absolute Gasteiger partial charge is 0.330 e. The number of unbranched alkanes of at least 4 members (excludes halogenated alkanes) is 5. The molecule has 11 rings (SSSR count). The van der Waals surface area contributed by atoms with Crippen LogP contribution >= 0.6 is 35.4 Å². The molecular formula is C69H81Cl2N7O21S. The van der Waals surface area contributed by atoms with Crippen LogP contribution in [0.4, 0.5) is 0 Å². The van der Waals surface area contributed by atoms with Crippen molar-refractivity contribution in [1.82, 2.24) is 37.2 Å². The lowest BCUT2D eigenvalue weighted by Crippen LogP contribution is -2.60. The van der Waals surface area contributed by atoms with Crippen LogP contribution in [0.25, 0.3) is 11.1 Å². The maximum Gasteiger partial charge on any atom is 0.330 e. The number of rotatable bonds is 18. The number of thiocarbonyl (C=S) groups is 1. The Labute approximate surface area is 589 Å². The van der Waals surface area contributed by atoms with Gasteiger partial charge in [0.25, 0.3) is 0 Å². The summed E-state index contributed by atoms with van der Waals surface area (Å²) in [6, 6.07) is 5.41. The number of fused-ring (bicyclic) bond motifs is 15. The zero-order valence-electron chi connectivity index (χ0n) is 54.8. The molecule has 1 fully saturated rings. The van der Waals surface area contributed by atoms with E-state index in [4.69, 9.17) is 54.4 Å². The van der Waals surface area contributed by atoms with Crippen LogP contribution in [0.2, 0.25) is 10.0 Å². The molecule has 17 N–H and O–H groups in total. The Morgan fingerprint density at radius 2 is 1.33 bits per heavy atom. The Morgan fingerprint density at radius 1 is 0.690 bits per heavy atom. The molecule has 5 aromatic rings. The number of Topliss-reactive ketones (excluding diaryl/α,β-unsaturated/α-hetero) is 2. The quantitative estimate of drug-likeness (QED) is 0.0414. The number of amides is 4. The second kappa shape index (κ2) is 33.3.